The molecule has 0 bridgehead atoms. The second kappa shape index (κ2) is 8.91. The number of alkyl halides is 24. The van der Waals surface area contributed by atoms with Crippen LogP contribution in [-0.2, 0) is 4.74 Å². The van der Waals surface area contributed by atoms with Crippen molar-refractivity contribution < 1.29 is 110 Å². The second-order valence-corrected chi connectivity index (χ2v) is 6.52. The van der Waals surface area contributed by atoms with Gasteiger partial charge in [-0.3, -0.25) is 0 Å². The number of ether oxygens (including phenoxy) is 1. The molecule has 0 spiro atoms. The Morgan fingerprint density at radius 2 is 0.486 bits per heavy atom. The first-order chi connectivity index (χ1) is 15.5. The van der Waals surface area contributed by atoms with Crippen molar-refractivity contribution in [2.24, 2.45) is 0 Å². The largest absolute Gasteiger partial charge is 0.460 e. The van der Waals surface area contributed by atoms with E-state index in [4.69, 9.17) is 0 Å². The second-order valence-electron chi connectivity index (χ2n) is 6.52. The maximum atomic E-state index is 13.5. The Labute approximate surface area is 184 Å². The molecule has 2 atom stereocenters. The molecule has 0 N–H and O–H groups in total. The van der Waals surface area contributed by atoms with Crippen LogP contribution in [-0.4, -0.2) is 72.4 Å². The first-order valence-electron chi connectivity index (χ1n) is 7.66. The van der Waals surface area contributed by atoms with Gasteiger partial charge in [-0.05, 0) is 0 Å². The molecule has 224 valence electrons. The summed E-state index contributed by atoms with van der Waals surface area (Å²) in [4.78, 5) is 0. The summed E-state index contributed by atoms with van der Waals surface area (Å²) < 4.78 is 308. The molecule has 2 unspecified atom stereocenters. The van der Waals surface area contributed by atoms with E-state index >= 15 is 0 Å². The van der Waals surface area contributed by atoms with Gasteiger partial charge in [-0.1, -0.05) is 0 Å². The molecule has 0 aromatic heterocycles. The fraction of sp³-hybridized carbons (Fsp3) is 1.00. The number of hydrogen-bond acceptors (Lipinski definition) is 1. The number of halogens is 24. The topological polar surface area (TPSA) is 9.23 Å². The molecule has 0 radical (unpaired) electrons. The molecule has 0 saturated heterocycles. The van der Waals surface area contributed by atoms with Gasteiger partial charge in [0, 0.05) is 0 Å². The van der Waals surface area contributed by atoms with Crippen LogP contribution in [0.25, 0.3) is 0 Å². The van der Waals surface area contributed by atoms with Gasteiger partial charge >= 0.3 is 60.2 Å². The lowest BCUT2D eigenvalue weighted by Crippen LogP contribution is -2.71. The van der Waals surface area contributed by atoms with Gasteiger partial charge < -0.3 is 4.74 Å². The Kier molecular flexibility index (Phi) is 8.50. The average Bonchev–Trinajstić information content (AvgIpc) is 2.56. The molecule has 25 heteroatoms. The molecule has 0 amide bonds. The zero-order valence-corrected chi connectivity index (χ0v) is 15.6. The normalized spacial score (nSPS) is 18.2. The number of rotatable bonds is 8. The molecule has 0 saturated carbocycles. The van der Waals surface area contributed by atoms with Crippen LogP contribution in [0.2, 0.25) is 0 Å². The Morgan fingerprint density at radius 1 is 0.297 bits per heavy atom. The van der Waals surface area contributed by atoms with Crippen LogP contribution >= 0.6 is 0 Å². The standard InChI is InChI=1S/C12H2F24O/c13-3(14,7(23,24)9(27,28)11(31,32)33)1(5(17,18)19)37-2(6(20,21)22)4(15,16)8(25,26)10(29,30)12(34,35)36/h1-2H. The SMILES string of the molecule is FC(F)(F)C(OC(C(F)(F)F)C(F)(F)C(F)(F)C(F)(F)C(F)(F)F)C(F)(F)C(F)(F)C(F)(F)C(F)(F)F. The first kappa shape index (κ1) is 35.3. The molecule has 0 heterocycles. The van der Waals surface area contributed by atoms with Crippen molar-refractivity contribution in [3.8, 4) is 0 Å². The van der Waals surface area contributed by atoms with Gasteiger partial charge in [0.25, 0.3) is 0 Å². The minimum absolute atomic E-state index is 1.59. The molecular weight excluding hydrogens is 616 g/mol. The third-order valence-corrected chi connectivity index (χ3v) is 3.86. The van der Waals surface area contributed by atoms with E-state index in [1.807, 2.05) is 0 Å². The van der Waals surface area contributed by atoms with Gasteiger partial charge in [0.2, 0.25) is 12.2 Å². The molecule has 37 heavy (non-hydrogen) atoms. The van der Waals surface area contributed by atoms with Crippen LogP contribution in [0.4, 0.5) is 105 Å². The molecule has 0 aliphatic heterocycles. The third-order valence-electron chi connectivity index (χ3n) is 3.86. The maximum Gasteiger partial charge on any atom is 0.460 e. The predicted octanol–water partition coefficient (Wildman–Crippen LogP) is 7.80. The summed E-state index contributed by atoms with van der Waals surface area (Å²) >= 11 is 0. The van der Waals surface area contributed by atoms with Crippen LogP contribution in [0.15, 0.2) is 0 Å². The van der Waals surface area contributed by atoms with E-state index < -0.39 is 72.4 Å². The molecular formula is C12H2F24O. The summed E-state index contributed by atoms with van der Waals surface area (Å²) in [6, 6.07) is 0. The van der Waals surface area contributed by atoms with E-state index in [0.717, 1.165) is 0 Å². The molecule has 0 aliphatic carbocycles. The van der Waals surface area contributed by atoms with Crippen LogP contribution < -0.4 is 0 Å². The van der Waals surface area contributed by atoms with Crippen molar-refractivity contribution in [2.45, 2.75) is 72.4 Å². The van der Waals surface area contributed by atoms with Crippen molar-refractivity contribution in [1.29, 1.82) is 0 Å². The van der Waals surface area contributed by atoms with Gasteiger partial charge in [-0.25, -0.2) is 0 Å². The third kappa shape index (κ3) is 5.54. The van der Waals surface area contributed by atoms with E-state index in [0.29, 0.717) is 0 Å². The number of hydrogen-bond donors (Lipinski definition) is 0. The molecule has 0 aromatic rings. The van der Waals surface area contributed by atoms with Crippen molar-refractivity contribution in [2.75, 3.05) is 0 Å². The molecule has 1 nitrogen and oxygen atoms in total. The zero-order valence-electron chi connectivity index (χ0n) is 15.6. The van der Waals surface area contributed by atoms with Crippen molar-refractivity contribution in [3.05, 3.63) is 0 Å². The van der Waals surface area contributed by atoms with E-state index in [9.17, 15) is 105 Å². The van der Waals surface area contributed by atoms with Gasteiger partial charge in [0.15, 0.2) is 0 Å². The molecule has 0 fully saturated rings. The monoisotopic (exact) mass is 618 g/mol. The Balaban J connectivity index is 7.21. The lowest BCUT2D eigenvalue weighted by atomic mass is 9.96. The predicted molar refractivity (Wildman–Crippen MR) is 62.6 cm³/mol. The summed E-state index contributed by atoms with van der Waals surface area (Å²) in [5, 5.41) is 0. The summed E-state index contributed by atoms with van der Waals surface area (Å²) in [6.45, 7) is 0. The van der Waals surface area contributed by atoms with Gasteiger partial charge in [0.1, 0.15) is 0 Å². The fourth-order valence-electron chi connectivity index (χ4n) is 1.98. The molecule has 0 aromatic carbocycles. The van der Waals surface area contributed by atoms with Crippen molar-refractivity contribution in [1.82, 2.24) is 0 Å². The summed E-state index contributed by atoms with van der Waals surface area (Å²) in [5.41, 5.74) is 0. The fourth-order valence-corrected chi connectivity index (χ4v) is 1.98. The van der Waals surface area contributed by atoms with Gasteiger partial charge in [0.05, 0.1) is 0 Å². The first-order valence-corrected chi connectivity index (χ1v) is 7.66. The zero-order chi connectivity index (χ0) is 30.9. The highest BCUT2D eigenvalue weighted by Crippen LogP contribution is 2.59. The summed E-state index contributed by atoms with van der Waals surface area (Å²) in [7, 11) is 0. The highest BCUT2D eigenvalue weighted by Gasteiger charge is 2.89. The lowest BCUT2D eigenvalue weighted by Gasteiger charge is -2.42. The summed E-state index contributed by atoms with van der Waals surface area (Å²) in [6.07, 6.45) is -45.9. The van der Waals surface area contributed by atoms with E-state index in [-0.39, 0.29) is 0 Å². The van der Waals surface area contributed by atoms with Crippen LogP contribution in [0.3, 0.4) is 0 Å². The molecule has 0 aliphatic rings. The van der Waals surface area contributed by atoms with Crippen molar-refractivity contribution in [3.63, 3.8) is 0 Å². The maximum absolute atomic E-state index is 13.5. The van der Waals surface area contributed by atoms with E-state index in [2.05, 4.69) is 0 Å². The smallest absolute Gasteiger partial charge is 0.344 e. The minimum atomic E-state index is -8.62. The summed E-state index contributed by atoms with van der Waals surface area (Å²) in [5.74, 6) is -51.0. The van der Waals surface area contributed by atoms with Crippen LogP contribution in [0, 0.1) is 0 Å². The highest BCUT2D eigenvalue weighted by molar-refractivity contribution is 5.09. The van der Waals surface area contributed by atoms with Crippen LogP contribution in [0.5, 0.6) is 0 Å². The van der Waals surface area contributed by atoms with Crippen molar-refractivity contribution >= 4 is 0 Å². The van der Waals surface area contributed by atoms with Gasteiger partial charge in [-0.2, -0.15) is 105 Å². The van der Waals surface area contributed by atoms with Crippen LogP contribution in [0.1, 0.15) is 0 Å². The Morgan fingerprint density at radius 3 is 0.622 bits per heavy atom. The Bertz CT molecular complexity index is 725. The lowest BCUT2D eigenvalue weighted by molar-refractivity contribution is -0.453. The minimum Gasteiger partial charge on any atom is -0.344 e. The van der Waals surface area contributed by atoms with E-state index in [1.54, 1.807) is 4.74 Å². The Hall–Kier alpha value is -1.72. The highest BCUT2D eigenvalue weighted by atomic mass is 19.4. The van der Waals surface area contributed by atoms with E-state index in [1.165, 1.54) is 0 Å². The molecule has 0 rings (SSSR count). The average molecular weight is 618 g/mol. The quantitative estimate of drug-likeness (QED) is 0.253. The van der Waals surface area contributed by atoms with Gasteiger partial charge in [-0.15, -0.1) is 0 Å².